The summed E-state index contributed by atoms with van der Waals surface area (Å²) >= 11 is 0. The van der Waals surface area contributed by atoms with Gasteiger partial charge in [0.2, 0.25) is 23.6 Å². The number of hydrogen-bond acceptors (Lipinski definition) is 8. The maximum atomic E-state index is 12.1. The molecule has 0 aromatic heterocycles. The molecule has 15 nitrogen and oxygen atoms in total. The summed E-state index contributed by atoms with van der Waals surface area (Å²) in [6.07, 6.45) is -2.13. The predicted octanol–water partition coefficient (Wildman–Crippen LogP) is -4.30. The van der Waals surface area contributed by atoms with E-state index in [0.29, 0.717) is 0 Å². The second-order valence-electron chi connectivity index (χ2n) is 6.04. The summed E-state index contributed by atoms with van der Waals surface area (Å²) in [6, 6.07) is -4.63. The molecule has 0 spiro atoms. The first-order valence-electron chi connectivity index (χ1n) is 8.41. The fourth-order valence-electron chi connectivity index (χ4n) is 2.00. The molecule has 0 aromatic carbocycles. The van der Waals surface area contributed by atoms with Crippen molar-refractivity contribution in [3.05, 3.63) is 0 Å². The van der Waals surface area contributed by atoms with Gasteiger partial charge in [-0.05, 0) is 6.42 Å². The number of primary amides is 1. The monoisotopic (exact) mass is 433 g/mol. The molecule has 0 bridgehead atoms. The standard InChI is InChI=1S/C15H23N5O10/c16-6(1-2-9(17)21)13(27)20-7(3-11(23)24)14(28)18-5-10(22)19-8(15(29)30)4-12(25)26/h6-8H,1-5,16H2,(H2,17,21)(H,18,28)(H,19,22)(H,20,27)(H,23,24)(H,25,26)(H,29,30). The Labute approximate surface area is 169 Å². The quantitative estimate of drug-likeness (QED) is 0.130. The third-order valence-corrected chi connectivity index (χ3v) is 3.49. The average Bonchev–Trinajstić information content (AvgIpc) is 2.61. The van der Waals surface area contributed by atoms with Crippen molar-refractivity contribution in [3.63, 3.8) is 0 Å². The van der Waals surface area contributed by atoms with Gasteiger partial charge in [-0.25, -0.2) is 4.79 Å². The smallest absolute Gasteiger partial charge is 0.326 e. The van der Waals surface area contributed by atoms with E-state index in [1.165, 1.54) is 0 Å². The van der Waals surface area contributed by atoms with E-state index in [1.54, 1.807) is 0 Å². The molecule has 0 saturated heterocycles. The molecule has 0 aliphatic heterocycles. The maximum Gasteiger partial charge on any atom is 0.326 e. The Morgan fingerprint density at radius 2 is 1.33 bits per heavy atom. The van der Waals surface area contributed by atoms with Crippen molar-refractivity contribution in [3.8, 4) is 0 Å². The molecule has 168 valence electrons. The number of nitrogens with one attached hydrogen (secondary N) is 3. The molecule has 0 saturated carbocycles. The van der Waals surface area contributed by atoms with Crippen LogP contribution in [0.4, 0.5) is 0 Å². The number of carbonyl (C=O) groups is 7. The van der Waals surface area contributed by atoms with Crippen LogP contribution in [0.15, 0.2) is 0 Å². The topological polar surface area (TPSA) is 268 Å². The van der Waals surface area contributed by atoms with Crippen LogP contribution in [0, 0.1) is 0 Å². The van der Waals surface area contributed by atoms with Crippen molar-refractivity contribution in [1.82, 2.24) is 16.0 Å². The molecule has 4 amide bonds. The summed E-state index contributed by atoms with van der Waals surface area (Å²) in [5.41, 5.74) is 10.5. The Hall–Kier alpha value is -3.75. The lowest BCUT2D eigenvalue weighted by molar-refractivity contribution is -0.147. The highest BCUT2D eigenvalue weighted by molar-refractivity contribution is 5.94. The lowest BCUT2D eigenvalue weighted by Crippen LogP contribution is -2.54. The number of amides is 4. The zero-order valence-electron chi connectivity index (χ0n) is 15.6. The molecule has 3 atom stereocenters. The summed E-state index contributed by atoms with van der Waals surface area (Å²) in [6.45, 7) is -0.818. The minimum Gasteiger partial charge on any atom is -0.481 e. The van der Waals surface area contributed by atoms with Gasteiger partial charge in [0.1, 0.15) is 12.1 Å². The van der Waals surface area contributed by atoms with Crippen LogP contribution in [0.1, 0.15) is 25.7 Å². The molecular weight excluding hydrogens is 410 g/mol. The van der Waals surface area contributed by atoms with E-state index >= 15 is 0 Å². The Kier molecular flexibility index (Phi) is 11.1. The normalized spacial score (nSPS) is 13.2. The van der Waals surface area contributed by atoms with Gasteiger partial charge in [-0.2, -0.15) is 0 Å². The molecule has 10 N–H and O–H groups in total. The minimum absolute atomic E-state index is 0.148. The first-order chi connectivity index (χ1) is 13.8. The lowest BCUT2D eigenvalue weighted by Gasteiger charge is -2.19. The van der Waals surface area contributed by atoms with Crippen LogP contribution in [-0.4, -0.2) is 81.5 Å². The number of hydrogen-bond donors (Lipinski definition) is 8. The Morgan fingerprint density at radius 1 is 0.800 bits per heavy atom. The number of carbonyl (C=O) groups excluding carboxylic acids is 4. The second kappa shape index (κ2) is 12.7. The van der Waals surface area contributed by atoms with Gasteiger partial charge < -0.3 is 42.7 Å². The molecule has 0 aliphatic rings. The number of nitrogens with two attached hydrogens (primary N) is 2. The van der Waals surface area contributed by atoms with Gasteiger partial charge in [0.05, 0.1) is 25.4 Å². The Bertz CT molecular complexity index is 710. The number of aliphatic carboxylic acids is 3. The fraction of sp³-hybridized carbons (Fsp3) is 0.533. The predicted molar refractivity (Wildman–Crippen MR) is 95.4 cm³/mol. The summed E-state index contributed by atoms with van der Waals surface area (Å²) in [5.74, 6) is -8.36. The van der Waals surface area contributed by atoms with Crippen LogP contribution in [-0.2, 0) is 33.6 Å². The van der Waals surface area contributed by atoms with E-state index < -0.39 is 79.0 Å². The molecule has 0 heterocycles. The maximum absolute atomic E-state index is 12.1. The van der Waals surface area contributed by atoms with Gasteiger partial charge in [0, 0.05) is 6.42 Å². The zero-order valence-corrected chi connectivity index (χ0v) is 15.6. The summed E-state index contributed by atoms with van der Waals surface area (Å²) < 4.78 is 0. The molecule has 0 aromatic rings. The van der Waals surface area contributed by atoms with Gasteiger partial charge in [-0.3, -0.25) is 28.8 Å². The highest BCUT2D eigenvalue weighted by atomic mass is 16.4. The van der Waals surface area contributed by atoms with Crippen molar-refractivity contribution >= 4 is 41.5 Å². The fourth-order valence-corrected chi connectivity index (χ4v) is 2.00. The number of carboxylic acids is 3. The van der Waals surface area contributed by atoms with E-state index in [4.69, 9.17) is 26.8 Å². The number of carboxylic acid groups (broad SMARTS) is 3. The van der Waals surface area contributed by atoms with Crippen molar-refractivity contribution in [2.45, 2.75) is 43.8 Å². The third-order valence-electron chi connectivity index (χ3n) is 3.49. The summed E-state index contributed by atoms with van der Waals surface area (Å²) in [5, 5.41) is 32.3. The van der Waals surface area contributed by atoms with Crippen LogP contribution >= 0.6 is 0 Å². The highest BCUT2D eigenvalue weighted by Crippen LogP contribution is 1.99. The van der Waals surface area contributed by atoms with E-state index in [1.807, 2.05) is 10.6 Å². The Balaban J connectivity index is 4.87. The first kappa shape index (κ1) is 26.2. The molecule has 0 fully saturated rings. The van der Waals surface area contributed by atoms with Crippen molar-refractivity contribution in [2.24, 2.45) is 11.5 Å². The summed E-state index contributed by atoms with van der Waals surface area (Å²) in [7, 11) is 0. The van der Waals surface area contributed by atoms with E-state index in [9.17, 15) is 33.6 Å². The highest BCUT2D eigenvalue weighted by Gasteiger charge is 2.27. The van der Waals surface area contributed by atoms with E-state index in [-0.39, 0.29) is 12.8 Å². The van der Waals surface area contributed by atoms with Crippen LogP contribution in [0.5, 0.6) is 0 Å². The van der Waals surface area contributed by atoms with Gasteiger partial charge in [0.25, 0.3) is 0 Å². The molecule has 0 aliphatic carbocycles. The van der Waals surface area contributed by atoms with Gasteiger partial charge in [0.15, 0.2) is 0 Å². The SMILES string of the molecule is NC(=O)CCC(N)C(=O)NC(CC(=O)O)C(=O)NCC(=O)NC(CC(=O)O)C(=O)O. The molecular formula is C15H23N5O10. The van der Waals surface area contributed by atoms with Crippen LogP contribution in [0.25, 0.3) is 0 Å². The van der Waals surface area contributed by atoms with Crippen LogP contribution in [0.3, 0.4) is 0 Å². The second-order valence-corrected chi connectivity index (χ2v) is 6.04. The molecule has 0 rings (SSSR count). The van der Waals surface area contributed by atoms with Crippen LogP contribution < -0.4 is 27.4 Å². The summed E-state index contributed by atoms with van der Waals surface area (Å²) in [4.78, 5) is 78.9. The van der Waals surface area contributed by atoms with Crippen molar-refractivity contribution < 1.29 is 48.9 Å². The van der Waals surface area contributed by atoms with Crippen molar-refractivity contribution in [1.29, 1.82) is 0 Å². The molecule has 3 unspecified atom stereocenters. The molecule has 0 radical (unpaired) electrons. The van der Waals surface area contributed by atoms with E-state index in [2.05, 4.69) is 5.32 Å². The third kappa shape index (κ3) is 11.2. The lowest BCUT2D eigenvalue weighted by atomic mass is 10.1. The Morgan fingerprint density at radius 3 is 1.80 bits per heavy atom. The first-order valence-corrected chi connectivity index (χ1v) is 8.41. The zero-order chi connectivity index (χ0) is 23.4. The average molecular weight is 433 g/mol. The van der Waals surface area contributed by atoms with Crippen LogP contribution in [0.2, 0.25) is 0 Å². The van der Waals surface area contributed by atoms with Gasteiger partial charge >= 0.3 is 17.9 Å². The largest absolute Gasteiger partial charge is 0.481 e. The minimum atomic E-state index is -1.75. The van der Waals surface area contributed by atoms with Gasteiger partial charge in [-0.1, -0.05) is 0 Å². The molecule has 15 heteroatoms. The molecule has 30 heavy (non-hydrogen) atoms. The van der Waals surface area contributed by atoms with E-state index in [0.717, 1.165) is 0 Å². The van der Waals surface area contributed by atoms with Gasteiger partial charge in [-0.15, -0.1) is 0 Å². The number of rotatable bonds is 14. The van der Waals surface area contributed by atoms with Crippen molar-refractivity contribution in [2.75, 3.05) is 6.54 Å².